The van der Waals surface area contributed by atoms with E-state index < -0.39 is 10.0 Å². The topological polar surface area (TPSA) is 58.2 Å². The average Bonchev–Trinajstić information content (AvgIpc) is 2.61. The Bertz CT molecular complexity index is 280. The second kappa shape index (κ2) is 6.08. The predicted octanol–water partition coefficient (Wildman–Crippen LogP) is 0.409. The third-order valence-corrected chi connectivity index (χ3v) is 5.28. The second-order valence-corrected chi connectivity index (χ2v) is 6.80. The number of hydrogen-bond acceptors (Lipinski definition) is 4. The van der Waals surface area contributed by atoms with Gasteiger partial charge in [0.25, 0.3) is 0 Å². The number of rotatable bonds is 6. The Labute approximate surface area is 96.6 Å². The molecule has 1 aliphatic carbocycles. The van der Waals surface area contributed by atoms with E-state index in [1.54, 1.807) is 18.8 Å². The smallest absolute Gasteiger partial charge is 0.213 e. The Morgan fingerprint density at radius 1 is 1.40 bits per heavy atom. The first kappa shape index (κ1) is 13.3. The summed E-state index contributed by atoms with van der Waals surface area (Å²) in [6.07, 6.45) is 5.28. The van der Waals surface area contributed by atoms with Crippen LogP contribution in [0.5, 0.6) is 0 Å². The quantitative estimate of drug-likeness (QED) is 0.719. The highest BCUT2D eigenvalue weighted by atomic mass is 32.2. The summed E-state index contributed by atoms with van der Waals surface area (Å²) in [6.45, 7) is 0.506. The van der Waals surface area contributed by atoms with Crippen molar-refractivity contribution >= 4 is 21.8 Å². The zero-order valence-electron chi connectivity index (χ0n) is 9.32. The van der Waals surface area contributed by atoms with Crippen LogP contribution in [0.1, 0.15) is 19.3 Å². The van der Waals surface area contributed by atoms with Gasteiger partial charge in [-0.1, -0.05) is 6.42 Å². The summed E-state index contributed by atoms with van der Waals surface area (Å²) < 4.78 is 26.1. The summed E-state index contributed by atoms with van der Waals surface area (Å²) in [5, 5.41) is 3.30. The predicted molar refractivity (Wildman–Crippen MR) is 65.8 cm³/mol. The summed E-state index contributed by atoms with van der Waals surface area (Å²) in [5.74, 6) is 0.168. The molecule has 1 saturated carbocycles. The van der Waals surface area contributed by atoms with E-state index in [9.17, 15) is 8.42 Å². The Morgan fingerprint density at radius 3 is 2.73 bits per heavy atom. The van der Waals surface area contributed by atoms with E-state index in [4.69, 9.17) is 0 Å². The van der Waals surface area contributed by atoms with Crippen LogP contribution in [-0.4, -0.2) is 45.3 Å². The lowest BCUT2D eigenvalue weighted by Crippen LogP contribution is -2.41. The van der Waals surface area contributed by atoms with E-state index in [1.807, 2.05) is 6.26 Å². The molecule has 2 atom stereocenters. The van der Waals surface area contributed by atoms with Crippen molar-refractivity contribution in [3.63, 3.8) is 0 Å². The van der Waals surface area contributed by atoms with E-state index in [1.165, 1.54) is 0 Å². The van der Waals surface area contributed by atoms with Crippen molar-refractivity contribution in [2.75, 3.05) is 25.6 Å². The van der Waals surface area contributed by atoms with Crippen molar-refractivity contribution in [1.82, 2.24) is 10.0 Å². The molecule has 1 rings (SSSR count). The molecule has 0 radical (unpaired) electrons. The molecule has 0 bridgehead atoms. The number of sulfonamides is 1. The Kier molecular flexibility index (Phi) is 5.38. The maximum absolute atomic E-state index is 11.6. The normalized spacial score (nSPS) is 27.1. The Hall–Kier alpha value is 0.220. The lowest BCUT2D eigenvalue weighted by Gasteiger charge is -2.18. The highest BCUT2D eigenvalue weighted by Gasteiger charge is 2.29. The fraction of sp³-hybridized carbons (Fsp3) is 1.00. The van der Waals surface area contributed by atoms with Crippen LogP contribution in [0.3, 0.4) is 0 Å². The molecule has 1 aliphatic rings. The highest BCUT2D eigenvalue weighted by molar-refractivity contribution is 7.99. The van der Waals surface area contributed by atoms with E-state index in [2.05, 4.69) is 10.0 Å². The molecule has 2 unspecified atom stereocenters. The first-order chi connectivity index (χ1) is 7.09. The monoisotopic (exact) mass is 252 g/mol. The molecule has 6 heteroatoms. The molecule has 0 aromatic carbocycles. The standard InChI is InChI=1S/C9H20N2O2S2/c1-10-6-7-15(12,13)11-8-4-3-5-9(8)14-2/h8-11H,3-7H2,1-2H3. The second-order valence-electron chi connectivity index (χ2n) is 3.85. The lowest BCUT2D eigenvalue weighted by molar-refractivity contribution is 0.553. The van der Waals surface area contributed by atoms with Crippen LogP contribution in [0, 0.1) is 0 Å². The molecule has 1 fully saturated rings. The van der Waals surface area contributed by atoms with Crippen molar-refractivity contribution < 1.29 is 8.42 Å². The van der Waals surface area contributed by atoms with Crippen molar-refractivity contribution in [2.24, 2.45) is 0 Å². The molecule has 15 heavy (non-hydrogen) atoms. The van der Waals surface area contributed by atoms with Gasteiger partial charge in [-0.2, -0.15) is 11.8 Å². The van der Waals surface area contributed by atoms with Gasteiger partial charge in [0.2, 0.25) is 10.0 Å². The van der Waals surface area contributed by atoms with Crippen molar-refractivity contribution in [1.29, 1.82) is 0 Å². The van der Waals surface area contributed by atoms with Crippen molar-refractivity contribution in [3.05, 3.63) is 0 Å². The van der Waals surface area contributed by atoms with E-state index in [-0.39, 0.29) is 11.8 Å². The van der Waals surface area contributed by atoms with Crippen molar-refractivity contribution in [2.45, 2.75) is 30.6 Å². The van der Waals surface area contributed by atoms with Crippen LogP contribution >= 0.6 is 11.8 Å². The molecule has 0 heterocycles. The lowest BCUT2D eigenvalue weighted by atomic mass is 10.3. The zero-order valence-corrected chi connectivity index (χ0v) is 11.0. The summed E-state index contributed by atoms with van der Waals surface area (Å²) in [4.78, 5) is 0. The summed E-state index contributed by atoms with van der Waals surface area (Å²) in [7, 11) is -1.34. The van der Waals surface area contributed by atoms with Gasteiger partial charge < -0.3 is 5.32 Å². The van der Waals surface area contributed by atoms with Crippen molar-refractivity contribution in [3.8, 4) is 0 Å². The van der Waals surface area contributed by atoms with Gasteiger partial charge in [-0.25, -0.2) is 13.1 Å². The molecular formula is C9H20N2O2S2. The molecule has 0 saturated heterocycles. The van der Waals surface area contributed by atoms with Gasteiger partial charge in [-0.05, 0) is 26.1 Å². The van der Waals surface area contributed by atoms with Gasteiger partial charge in [-0.3, -0.25) is 0 Å². The van der Waals surface area contributed by atoms with E-state index >= 15 is 0 Å². The first-order valence-corrected chi connectivity index (χ1v) is 8.20. The third kappa shape index (κ3) is 4.30. The van der Waals surface area contributed by atoms with Crippen LogP contribution < -0.4 is 10.0 Å². The average molecular weight is 252 g/mol. The molecular weight excluding hydrogens is 232 g/mol. The molecule has 0 aliphatic heterocycles. The SMILES string of the molecule is CNCCS(=O)(=O)NC1CCCC1SC. The zero-order chi connectivity index (χ0) is 11.3. The van der Waals surface area contributed by atoms with E-state index in [0.29, 0.717) is 11.8 Å². The van der Waals surface area contributed by atoms with Crippen LogP contribution in [0.4, 0.5) is 0 Å². The molecule has 0 amide bonds. The molecule has 2 N–H and O–H groups in total. The van der Waals surface area contributed by atoms with Gasteiger partial charge in [0.05, 0.1) is 5.75 Å². The van der Waals surface area contributed by atoms with Gasteiger partial charge in [0.1, 0.15) is 0 Å². The summed E-state index contributed by atoms with van der Waals surface area (Å²) in [5.41, 5.74) is 0. The first-order valence-electron chi connectivity index (χ1n) is 5.26. The van der Waals surface area contributed by atoms with Crippen LogP contribution in [0.15, 0.2) is 0 Å². The largest absolute Gasteiger partial charge is 0.319 e. The Balaban J connectivity index is 2.45. The van der Waals surface area contributed by atoms with Crippen LogP contribution in [0.25, 0.3) is 0 Å². The minimum atomic E-state index is -3.10. The molecule has 0 aromatic heterocycles. The fourth-order valence-electron chi connectivity index (χ4n) is 1.87. The molecule has 0 aromatic rings. The highest BCUT2D eigenvalue weighted by Crippen LogP contribution is 2.28. The minimum Gasteiger partial charge on any atom is -0.319 e. The number of nitrogens with one attached hydrogen (secondary N) is 2. The van der Waals surface area contributed by atoms with Gasteiger partial charge in [0, 0.05) is 17.8 Å². The van der Waals surface area contributed by atoms with Crippen LogP contribution in [-0.2, 0) is 10.0 Å². The molecule has 0 spiro atoms. The minimum absolute atomic E-state index is 0.141. The summed E-state index contributed by atoms with van der Waals surface area (Å²) in [6, 6.07) is 0.141. The molecule has 90 valence electrons. The van der Waals surface area contributed by atoms with E-state index in [0.717, 1.165) is 19.3 Å². The fourth-order valence-corrected chi connectivity index (χ4v) is 4.22. The third-order valence-electron chi connectivity index (χ3n) is 2.71. The summed E-state index contributed by atoms with van der Waals surface area (Å²) >= 11 is 1.76. The van der Waals surface area contributed by atoms with Gasteiger partial charge >= 0.3 is 0 Å². The Morgan fingerprint density at radius 2 is 2.13 bits per heavy atom. The van der Waals surface area contributed by atoms with Gasteiger partial charge in [-0.15, -0.1) is 0 Å². The maximum atomic E-state index is 11.6. The van der Waals surface area contributed by atoms with Gasteiger partial charge in [0.15, 0.2) is 0 Å². The molecule has 4 nitrogen and oxygen atoms in total. The van der Waals surface area contributed by atoms with Crippen LogP contribution in [0.2, 0.25) is 0 Å². The number of hydrogen-bond donors (Lipinski definition) is 2. The maximum Gasteiger partial charge on any atom is 0.213 e. The number of thioether (sulfide) groups is 1.